The molecule has 5 nitrogen and oxygen atoms in total. The van der Waals surface area contributed by atoms with E-state index in [9.17, 15) is 0 Å². The van der Waals surface area contributed by atoms with Crippen LogP contribution in [0, 0.1) is 0 Å². The Bertz CT molecular complexity index is 529. The average Bonchev–Trinajstić information content (AvgIpc) is 2.98. The molecule has 0 atom stereocenters. The van der Waals surface area contributed by atoms with Gasteiger partial charge in [-0.2, -0.15) is 5.10 Å². The van der Waals surface area contributed by atoms with Gasteiger partial charge in [0.1, 0.15) is 0 Å². The fraction of sp³-hybridized carbons (Fsp3) is 0.357. The van der Waals surface area contributed by atoms with Crippen molar-refractivity contribution in [2.75, 3.05) is 31.2 Å². The zero-order valence-electron chi connectivity index (χ0n) is 10.8. The molecule has 0 bridgehead atoms. The Hall–Kier alpha value is -1.85. The first kappa shape index (κ1) is 12.2. The quantitative estimate of drug-likeness (QED) is 0.898. The normalized spacial score (nSPS) is 15.7. The maximum atomic E-state index is 5.60. The highest BCUT2D eigenvalue weighted by atomic mass is 16.5. The maximum absolute atomic E-state index is 5.60. The van der Waals surface area contributed by atoms with Gasteiger partial charge in [-0.25, -0.2) is 4.68 Å². The molecule has 0 saturated carbocycles. The number of morpholine rings is 1. The number of hydrogen-bond acceptors (Lipinski definition) is 4. The Balaban J connectivity index is 1.79. The minimum Gasteiger partial charge on any atom is -0.378 e. The summed E-state index contributed by atoms with van der Waals surface area (Å²) in [6.07, 6.45) is 1.99. The Labute approximate surface area is 112 Å². The Kier molecular flexibility index (Phi) is 3.48. The third kappa shape index (κ3) is 2.62. The van der Waals surface area contributed by atoms with Crippen LogP contribution in [0.25, 0.3) is 5.69 Å². The summed E-state index contributed by atoms with van der Waals surface area (Å²) < 4.78 is 7.24. The summed E-state index contributed by atoms with van der Waals surface area (Å²) in [5.74, 6) is 1.01. The zero-order chi connectivity index (χ0) is 13.1. The zero-order valence-corrected chi connectivity index (χ0v) is 10.8. The molecule has 0 radical (unpaired) electrons. The van der Waals surface area contributed by atoms with Gasteiger partial charge in [0.15, 0.2) is 5.82 Å². The molecule has 2 aromatic rings. The number of aromatic nitrogens is 2. The molecule has 0 amide bonds. The second-order valence-corrected chi connectivity index (χ2v) is 4.59. The highest BCUT2D eigenvalue weighted by Crippen LogP contribution is 2.16. The minimum absolute atomic E-state index is 0.568. The predicted molar refractivity (Wildman–Crippen MR) is 74.5 cm³/mol. The van der Waals surface area contributed by atoms with Gasteiger partial charge in [-0.3, -0.25) is 0 Å². The standard InChI is InChI=1S/C14H18N4O/c15-11-12-1-3-13(4-2-12)18-6-5-14(16-18)17-7-9-19-10-8-17/h1-6H,7-11,15H2. The summed E-state index contributed by atoms with van der Waals surface area (Å²) in [5.41, 5.74) is 7.78. The number of nitrogens with zero attached hydrogens (tertiary/aromatic N) is 3. The van der Waals surface area contributed by atoms with Crippen molar-refractivity contribution < 1.29 is 4.74 Å². The van der Waals surface area contributed by atoms with Gasteiger partial charge < -0.3 is 15.4 Å². The third-order valence-corrected chi connectivity index (χ3v) is 3.35. The van der Waals surface area contributed by atoms with E-state index in [1.807, 2.05) is 41.2 Å². The van der Waals surface area contributed by atoms with Gasteiger partial charge in [-0.1, -0.05) is 12.1 Å². The summed E-state index contributed by atoms with van der Waals surface area (Å²) in [4.78, 5) is 2.24. The highest BCUT2D eigenvalue weighted by Gasteiger charge is 2.13. The molecule has 1 aliphatic heterocycles. The Morgan fingerprint density at radius 2 is 1.84 bits per heavy atom. The molecule has 0 aliphatic carbocycles. The van der Waals surface area contributed by atoms with Crippen LogP contribution >= 0.6 is 0 Å². The second-order valence-electron chi connectivity index (χ2n) is 4.59. The van der Waals surface area contributed by atoms with Crippen LogP contribution in [0.2, 0.25) is 0 Å². The molecule has 0 unspecified atom stereocenters. The molecule has 100 valence electrons. The van der Waals surface area contributed by atoms with E-state index < -0.39 is 0 Å². The van der Waals surface area contributed by atoms with Gasteiger partial charge in [0.2, 0.25) is 0 Å². The molecule has 1 aliphatic rings. The predicted octanol–water partition coefficient (Wildman–Crippen LogP) is 1.17. The largest absolute Gasteiger partial charge is 0.378 e. The van der Waals surface area contributed by atoms with Gasteiger partial charge in [-0.05, 0) is 17.7 Å². The number of anilines is 1. The van der Waals surface area contributed by atoms with Crippen molar-refractivity contribution in [3.63, 3.8) is 0 Å². The summed E-state index contributed by atoms with van der Waals surface area (Å²) in [7, 11) is 0. The van der Waals surface area contributed by atoms with Gasteiger partial charge in [0, 0.05) is 31.9 Å². The van der Waals surface area contributed by atoms with Crippen molar-refractivity contribution in [3.05, 3.63) is 42.1 Å². The van der Waals surface area contributed by atoms with Gasteiger partial charge in [0.25, 0.3) is 0 Å². The maximum Gasteiger partial charge on any atom is 0.151 e. The number of rotatable bonds is 3. The van der Waals surface area contributed by atoms with E-state index in [1.54, 1.807) is 0 Å². The first-order valence-corrected chi connectivity index (χ1v) is 6.54. The molecular formula is C14H18N4O. The van der Waals surface area contributed by atoms with Crippen LogP contribution in [-0.4, -0.2) is 36.1 Å². The lowest BCUT2D eigenvalue weighted by Gasteiger charge is -2.26. The first-order valence-electron chi connectivity index (χ1n) is 6.54. The van der Waals surface area contributed by atoms with E-state index in [4.69, 9.17) is 10.5 Å². The molecule has 2 N–H and O–H groups in total. The highest BCUT2D eigenvalue weighted by molar-refractivity contribution is 5.41. The van der Waals surface area contributed by atoms with E-state index in [0.29, 0.717) is 6.54 Å². The lowest BCUT2D eigenvalue weighted by molar-refractivity contribution is 0.122. The second kappa shape index (κ2) is 5.42. The summed E-state index contributed by atoms with van der Waals surface area (Å²) in [6, 6.07) is 10.2. The van der Waals surface area contributed by atoms with Crippen LogP contribution in [0.3, 0.4) is 0 Å². The number of benzene rings is 1. The van der Waals surface area contributed by atoms with E-state index >= 15 is 0 Å². The number of hydrogen-bond donors (Lipinski definition) is 1. The molecule has 5 heteroatoms. The van der Waals surface area contributed by atoms with Crippen molar-refractivity contribution in [1.82, 2.24) is 9.78 Å². The molecule has 2 heterocycles. The van der Waals surface area contributed by atoms with Gasteiger partial charge in [-0.15, -0.1) is 0 Å². The fourth-order valence-electron chi connectivity index (χ4n) is 2.20. The van der Waals surface area contributed by atoms with Crippen LogP contribution in [-0.2, 0) is 11.3 Å². The molecule has 19 heavy (non-hydrogen) atoms. The van der Waals surface area contributed by atoms with E-state index in [0.717, 1.165) is 43.4 Å². The van der Waals surface area contributed by atoms with E-state index in [2.05, 4.69) is 10.00 Å². The van der Waals surface area contributed by atoms with Crippen LogP contribution in [0.1, 0.15) is 5.56 Å². The molecule has 1 aromatic heterocycles. The van der Waals surface area contributed by atoms with Crippen LogP contribution in [0.4, 0.5) is 5.82 Å². The van der Waals surface area contributed by atoms with Crippen molar-refractivity contribution in [2.45, 2.75) is 6.54 Å². The molecule has 1 aromatic carbocycles. The topological polar surface area (TPSA) is 56.3 Å². The molecule has 1 saturated heterocycles. The van der Waals surface area contributed by atoms with Crippen molar-refractivity contribution in [1.29, 1.82) is 0 Å². The van der Waals surface area contributed by atoms with Gasteiger partial charge >= 0.3 is 0 Å². The van der Waals surface area contributed by atoms with Crippen LogP contribution in [0.15, 0.2) is 36.5 Å². The molecular weight excluding hydrogens is 240 g/mol. The smallest absolute Gasteiger partial charge is 0.151 e. The Morgan fingerprint density at radius 3 is 2.53 bits per heavy atom. The Morgan fingerprint density at radius 1 is 1.11 bits per heavy atom. The van der Waals surface area contributed by atoms with Gasteiger partial charge in [0.05, 0.1) is 18.9 Å². The molecule has 0 spiro atoms. The van der Waals surface area contributed by atoms with Crippen molar-refractivity contribution in [2.24, 2.45) is 5.73 Å². The van der Waals surface area contributed by atoms with Crippen LogP contribution < -0.4 is 10.6 Å². The first-order chi connectivity index (χ1) is 9.36. The summed E-state index contributed by atoms with van der Waals surface area (Å²) >= 11 is 0. The lowest BCUT2D eigenvalue weighted by atomic mass is 10.2. The SMILES string of the molecule is NCc1ccc(-n2ccc(N3CCOCC3)n2)cc1. The summed E-state index contributed by atoms with van der Waals surface area (Å²) in [5, 5.41) is 4.62. The van der Waals surface area contributed by atoms with E-state index in [-0.39, 0.29) is 0 Å². The average molecular weight is 258 g/mol. The fourth-order valence-corrected chi connectivity index (χ4v) is 2.20. The molecule has 3 rings (SSSR count). The minimum atomic E-state index is 0.568. The third-order valence-electron chi connectivity index (χ3n) is 3.35. The molecule has 1 fully saturated rings. The number of nitrogens with two attached hydrogens (primary N) is 1. The lowest BCUT2D eigenvalue weighted by Crippen LogP contribution is -2.36. The summed E-state index contributed by atoms with van der Waals surface area (Å²) in [6.45, 7) is 3.93. The van der Waals surface area contributed by atoms with Crippen LogP contribution in [0.5, 0.6) is 0 Å². The number of ether oxygens (including phenoxy) is 1. The monoisotopic (exact) mass is 258 g/mol. The van der Waals surface area contributed by atoms with Crippen molar-refractivity contribution >= 4 is 5.82 Å². The van der Waals surface area contributed by atoms with Crippen molar-refractivity contribution in [3.8, 4) is 5.69 Å². The van der Waals surface area contributed by atoms with E-state index in [1.165, 1.54) is 0 Å².